The number of nitrogens with one attached hydrogen (secondary N) is 1. The number of hydrogen-bond donors (Lipinski definition) is 2. The van der Waals surface area contributed by atoms with Crippen LogP contribution in [0.2, 0.25) is 0 Å². The van der Waals surface area contributed by atoms with E-state index in [2.05, 4.69) is 10.2 Å². The Labute approximate surface area is 128 Å². The van der Waals surface area contributed by atoms with Gasteiger partial charge in [0.05, 0.1) is 6.61 Å². The highest BCUT2D eigenvalue weighted by atomic mass is 16.5. The summed E-state index contributed by atoms with van der Waals surface area (Å²) in [6, 6.07) is 5.67. The standard InChI is InChI=1S/C17H28N2O2/c1-2-21-16-9-6-8-15(17(16)20)14-18-10-7-13-19-11-4-3-5-12-19/h6,8-9,18,20H,2-5,7,10-14H2,1H3. The average Bonchev–Trinajstić information content (AvgIpc) is 2.51. The third-order valence-corrected chi connectivity index (χ3v) is 3.97. The highest BCUT2D eigenvalue weighted by Gasteiger charge is 2.09. The fourth-order valence-electron chi connectivity index (χ4n) is 2.82. The first-order valence-electron chi connectivity index (χ1n) is 8.18. The second-order valence-corrected chi connectivity index (χ2v) is 5.63. The van der Waals surface area contributed by atoms with Gasteiger partial charge >= 0.3 is 0 Å². The molecule has 2 N–H and O–H groups in total. The summed E-state index contributed by atoms with van der Waals surface area (Å²) in [7, 11) is 0. The number of rotatable bonds is 8. The predicted octanol–water partition coefficient (Wildman–Crippen LogP) is 2.76. The Balaban J connectivity index is 1.67. The Hall–Kier alpha value is -1.26. The van der Waals surface area contributed by atoms with Crippen LogP contribution in [0.5, 0.6) is 11.5 Å². The van der Waals surface area contributed by atoms with Crippen LogP contribution in [0.1, 0.15) is 38.2 Å². The molecule has 4 heteroatoms. The zero-order valence-electron chi connectivity index (χ0n) is 13.1. The van der Waals surface area contributed by atoms with Crippen molar-refractivity contribution in [2.75, 3.05) is 32.8 Å². The van der Waals surface area contributed by atoms with E-state index in [1.807, 2.05) is 19.1 Å². The van der Waals surface area contributed by atoms with E-state index in [1.54, 1.807) is 6.07 Å². The SMILES string of the molecule is CCOc1cccc(CNCCCN2CCCCC2)c1O. The van der Waals surface area contributed by atoms with Crippen molar-refractivity contribution in [2.24, 2.45) is 0 Å². The lowest BCUT2D eigenvalue weighted by Gasteiger charge is -2.26. The number of aromatic hydroxyl groups is 1. The summed E-state index contributed by atoms with van der Waals surface area (Å²) in [4.78, 5) is 2.55. The minimum Gasteiger partial charge on any atom is -0.504 e. The minimum absolute atomic E-state index is 0.267. The lowest BCUT2D eigenvalue weighted by molar-refractivity contribution is 0.225. The van der Waals surface area contributed by atoms with E-state index in [0.29, 0.717) is 18.9 Å². The first-order chi connectivity index (χ1) is 10.3. The molecule has 2 rings (SSSR count). The van der Waals surface area contributed by atoms with Gasteiger partial charge in [0.1, 0.15) is 0 Å². The smallest absolute Gasteiger partial charge is 0.162 e. The van der Waals surface area contributed by atoms with E-state index in [4.69, 9.17) is 4.74 Å². The van der Waals surface area contributed by atoms with Gasteiger partial charge in [-0.25, -0.2) is 0 Å². The number of benzene rings is 1. The van der Waals surface area contributed by atoms with Crippen molar-refractivity contribution in [3.05, 3.63) is 23.8 Å². The number of hydrogen-bond acceptors (Lipinski definition) is 4. The monoisotopic (exact) mass is 292 g/mol. The molecule has 0 atom stereocenters. The van der Waals surface area contributed by atoms with Crippen LogP contribution in [0.25, 0.3) is 0 Å². The largest absolute Gasteiger partial charge is 0.504 e. The number of para-hydroxylation sites is 1. The molecule has 1 aromatic rings. The van der Waals surface area contributed by atoms with Crippen LogP contribution in [0.15, 0.2) is 18.2 Å². The Morgan fingerprint density at radius 1 is 1.24 bits per heavy atom. The van der Waals surface area contributed by atoms with Gasteiger partial charge in [0.25, 0.3) is 0 Å². The van der Waals surface area contributed by atoms with E-state index in [-0.39, 0.29) is 5.75 Å². The summed E-state index contributed by atoms with van der Waals surface area (Å²) in [5, 5.41) is 13.5. The first-order valence-corrected chi connectivity index (χ1v) is 8.18. The normalized spacial score (nSPS) is 16.0. The van der Waals surface area contributed by atoms with Crippen LogP contribution in [-0.2, 0) is 6.54 Å². The van der Waals surface area contributed by atoms with Crippen LogP contribution >= 0.6 is 0 Å². The quantitative estimate of drug-likeness (QED) is 0.723. The minimum atomic E-state index is 0.267. The number of phenols is 1. The lowest BCUT2D eigenvalue weighted by Crippen LogP contribution is -2.32. The highest BCUT2D eigenvalue weighted by molar-refractivity contribution is 5.45. The maximum Gasteiger partial charge on any atom is 0.162 e. The molecule has 1 fully saturated rings. The van der Waals surface area contributed by atoms with Crippen molar-refractivity contribution < 1.29 is 9.84 Å². The third-order valence-electron chi connectivity index (χ3n) is 3.97. The van der Waals surface area contributed by atoms with Crippen LogP contribution in [0.4, 0.5) is 0 Å². The molecule has 1 aromatic carbocycles. The van der Waals surface area contributed by atoms with Crippen molar-refractivity contribution >= 4 is 0 Å². The summed E-state index contributed by atoms with van der Waals surface area (Å²) < 4.78 is 5.40. The molecule has 21 heavy (non-hydrogen) atoms. The first kappa shape index (κ1) is 16.1. The summed E-state index contributed by atoms with van der Waals surface area (Å²) in [5.41, 5.74) is 0.902. The van der Waals surface area contributed by atoms with E-state index in [9.17, 15) is 5.11 Å². The fourth-order valence-corrected chi connectivity index (χ4v) is 2.82. The molecule has 118 valence electrons. The zero-order chi connectivity index (χ0) is 14.9. The van der Waals surface area contributed by atoms with Crippen molar-refractivity contribution in [3.63, 3.8) is 0 Å². The molecular weight excluding hydrogens is 264 g/mol. The van der Waals surface area contributed by atoms with Gasteiger partial charge in [-0.05, 0) is 58.4 Å². The van der Waals surface area contributed by atoms with E-state index < -0.39 is 0 Å². The molecule has 0 saturated carbocycles. The number of piperidine rings is 1. The van der Waals surface area contributed by atoms with Gasteiger partial charge < -0.3 is 20.1 Å². The van der Waals surface area contributed by atoms with E-state index >= 15 is 0 Å². The molecular formula is C17H28N2O2. The van der Waals surface area contributed by atoms with Gasteiger partial charge in [0, 0.05) is 12.1 Å². The molecule has 0 radical (unpaired) electrons. The second-order valence-electron chi connectivity index (χ2n) is 5.63. The van der Waals surface area contributed by atoms with Crippen molar-refractivity contribution in [1.29, 1.82) is 0 Å². The third kappa shape index (κ3) is 5.21. The summed E-state index contributed by atoms with van der Waals surface area (Å²) in [6.07, 6.45) is 5.26. The maximum absolute atomic E-state index is 10.1. The maximum atomic E-state index is 10.1. The summed E-state index contributed by atoms with van der Waals surface area (Å²) in [5.74, 6) is 0.841. The van der Waals surface area contributed by atoms with Crippen LogP contribution in [0.3, 0.4) is 0 Å². The number of ether oxygens (including phenoxy) is 1. The molecule has 0 bridgehead atoms. The van der Waals surface area contributed by atoms with Gasteiger partial charge in [-0.1, -0.05) is 18.6 Å². The Morgan fingerprint density at radius 3 is 2.81 bits per heavy atom. The predicted molar refractivity (Wildman–Crippen MR) is 85.9 cm³/mol. The van der Waals surface area contributed by atoms with Gasteiger partial charge in [-0.2, -0.15) is 0 Å². The van der Waals surface area contributed by atoms with Crippen LogP contribution in [-0.4, -0.2) is 42.8 Å². The van der Waals surface area contributed by atoms with Crippen molar-refractivity contribution in [1.82, 2.24) is 10.2 Å². The van der Waals surface area contributed by atoms with Crippen LogP contribution < -0.4 is 10.1 Å². The second kappa shape index (κ2) is 8.90. The number of nitrogens with zero attached hydrogens (tertiary/aromatic N) is 1. The van der Waals surface area contributed by atoms with E-state index in [1.165, 1.54) is 38.9 Å². The Kier molecular flexibility index (Phi) is 6.83. The topological polar surface area (TPSA) is 44.7 Å². The van der Waals surface area contributed by atoms with Crippen molar-refractivity contribution in [2.45, 2.75) is 39.2 Å². The Bertz CT molecular complexity index is 417. The molecule has 1 aliphatic heterocycles. The molecule has 0 unspecified atom stereocenters. The van der Waals surface area contributed by atoms with E-state index in [0.717, 1.165) is 18.5 Å². The van der Waals surface area contributed by atoms with Crippen LogP contribution in [0, 0.1) is 0 Å². The fraction of sp³-hybridized carbons (Fsp3) is 0.647. The number of phenolic OH excluding ortho intramolecular Hbond substituents is 1. The molecule has 0 spiro atoms. The molecule has 0 aromatic heterocycles. The Morgan fingerprint density at radius 2 is 2.05 bits per heavy atom. The molecule has 0 aliphatic carbocycles. The van der Waals surface area contributed by atoms with Gasteiger partial charge in [0.15, 0.2) is 11.5 Å². The molecule has 1 aliphatic rings. The lowest BCUT2D eigenvalue weighted by atomic mass is 10.1. The average molecular weight is 292 g/mol. The molecule has 0 amide bonds. The van der Waals surface area contributed by atoms with Gasteiger partial charge in [-0.15, -0.1) is 0 Å². The van der Waals surface area contributed by atoms with Gasteiger partial charge in [0.2, 0.25) is 0 Å². The molecule has 1 heterocycles. The van der Waals surface area contributed by atoms with Gasteiger partial charge in [-0.3, -0.25) is 0 Å². The summed E-state index contributed by atoms with van der Waals surface area (Å²) >= 11 is 0. The zero-order valence-corrected chi connectivity index (χ0v) is 13.1. The number of likely N-dealkylation sites (tertiary alicyclic amines) is 1. The highest BCUT2D eigenvalue weighted by Crippen LogP contribution is 2.29. The molecule has 4 nitrogen and oxygen atoms in total. The molecule has 1 saturated heterocycles. The van der Waals surface area contributed by atoms with Crippen molar-refractivity contribution in [3.8, 4) is 11.5 Å². The summed E-state index contributed by atoms with van der Waals surface area (Å²) in [6.45, 7) is 7.86.